The molecule has 0 aliphatic heterocycles. The van der Waals surface area contributed by atoms with Gasteiger partial charge in [0.05, 0.1) is 22.1 Å². The second-order valence-corrected chi connectivity index (χ2v) is 13.7. The first kappa shape index (κ1) is 39.1. The zero-order valence-corrected chi connectivity index (χ0v) is 29.3. The molecule has 45 heavy (non-hydrogen) atoms. The average Bonchev–Trinajstić information content (AvgIpc) is 2.88. The Morgan fingerprint density at radius 2 is 1.67 bits per heavy atom. The van der Waals surface area contributed by atoms with Gasteiger partial charge in [-0.15, -0.1) is 0 Å². The van der Waals surface area contributed by atoms with Crippen molar-refractivity contribution in [3.05, 3.63) is 56.2 Å². The molecule has 2 unspecified atom stereocenters. The Morgan fingerprint density at radius 1 is 1.07 bits per heavy atom. The number of benzene rings is 2. The van der Waals surface area contributed by atoms with E-state index in [-0.39, 0.29) is 25.7 Å². The molecule has 0 aliphatic carbocycles. The molecule has 0 bridgehead atoms. The predicted molar refractivity (Wildman–Crippen MR) is 167 cm³/mol. The van der Waals surface area contributed by atoms with Crippen LogP contribution in [-0.2, 0) is 30.9 Å². The number of anilines is 1. The fourth-order valence-electron chi connectivity index (χ4n) is 3.41. The lowest BCUT2D eigenvalue weighted by Gasteiger charge is -2.20. The van der Waals surface area contributed by atoms with Crippen LogP contribution in [0.5, 0.6) is 5.75 Å². The van der Waals surface area contributed by atoms with Crippen molar-refractivity contribution in [3.8, 4) is 5.75 Å². The van der Waals surface area contributed by atoms with Gasteiger partial charge in [-0.2, -0.15) is 34.8 Å². The minimum absolute atomic E-state index is 0.0135. The summed E-state index contributed by atoms with van der Waals surface area (Å²) in [7, 11) is -5.27. The molecule has 0 aliphatic rings. The van der Waals surface area contributed by atoms with Crippen LogP contribution >= 0.6 is 67.8 Å². The number of hydrogen-bond acceptors (Lipinski definition) is 9. The molecule has 0 spiro atoms. The molecule has 2 aromatic rings. The maximum absolute atomic E-state index is 13.2. The zero-order chi connectivity index (χ0) is 34.7. The molecule has 12 nitrogen and oxygen atoms in total. The van der Waals surface area contributed by atoms with E-state index in [1.807, 2.05) is 22.6 Å². The van der Waals surface area contributed by atoms with Crippen LogP contribution < -0.4 is 10.1 Å². The number of nitrogens with one attached hydrogen (secondary N) is 1. The van der Waals surface area contributed by atoms with Gasteiger partial charge in [-0.25, -0.2) is 4.79 Å². The van der Waals surface area contributed by atoms with Gasteiger partial charge in [0, 0.05) is 22.8 Å². The van der Waals surface area contributed by atoms with Gasteiger partial charge in [-0.1, -0.05) is 6.92 Å². The van der Waals surface area contributed by atoms with Crippen LogP contribution in [0.25, 0.3) is 0 Å². The van der Waals surface area contributed by atoms with Gasteiger partial charge < -0.3 is 14.8 Å². The third-order valence-corrected chi connectivity index (χ3v) is 9.34. The highest BCUT2D eigenvalue weighted by molar-refractivity contribution is 14.1. The van der Waals surface area contributed by atoms with Crippen molar-refractivity contribution in [2.24, 2.45) is 5.92 Å². The van der Waals surface area contributed by atoms with Crippen molar-refractivity contribution in [1.82, 2.24) is 0 Å². The third-order valence-electron chi connectivity index (χ3n) is 5.62. The number of halogens is 9. The molecular weight excluding hydrogens is 991 g/mol. The summed E-state index contributed by atoms with van der Waals surface area (Å²) < 4.78 is 119. The van der Waals surface area contributed by atoms with Crippen molar-refractivity contribution in [1.29, 1.82) is 0 Å². The van der Waals surface area contributed by atoms with Gasteiger partial charge in [-0.05, 0) is 98.3 Å². The van der Waals surface area contributed by atoms with Gasteiger partial charge >= 0.3 is 35.9 Å². The summed E-state index contributed by atoms with van der Waals surface area (Å²) in [6.45, 7) is 1.51. The minimum atomic E-state index is -5.43. The molecule has 1 amide bonds. The lowest BCUT2D eigenvalue weighted by molar-refractivity contribution is -0.385. The molecule has 0 aromatic heterocycles. The number of amides is 1. The Bertz CT molecular complexity index is 1620. The van der Waals surface area contributed by atoms with E-state index in [1.165, 1.54) is 13.0 Å². The Balaban J connectivity index is 2.42. The lowest BCUT2D eigenvalue weighted by atomic mass is 9.96. The van der Waals surface area contributed by atoms with Crippen molar-refractivity contribution in [2.45, 2.75) is 38.2 Å². The van der Waals surface area contributed by atoms with Gasteiger partial charge in [0.1, 0.15) is 5.75 Å². The number of esters is 2. The summed E-state index contributed by atoms with van der Waals surface area (Å²) in [6.07, 6.45) is -14.1. The number of alkyl halides is 6. The highest BCUT2D eigenvalue weighted by atomic mass is 127. The molecule has 22 heteroatoms. The first-order chi connectivity index (χ1) is 20.5. The maximum Gasteiger partial charge on any atom is 0.471 e. The van der Waals surface area contributed by atoms with Gasteiger partial charge in [0.25, 0.3) is 10.1 Å². The Hall–Kier alpha value is -2.07. The molecule has 2 N–H and O–H groups in total. The maximum atomic E-state index is 13.2. The van der Waals surface area contributed by atoms with Crippen molar-refractivity contribution in [2.75, 3.05) is 11.1 Å². The van der Waals surface area contributed by atoms with E-state index in [1.54, 1.807) is 50.5 Å². The minimum Gasteiger partial charge on any atom is -0.448 e. The Kier molecular flexibility index (Phi) is 13.2. The summed E-state index contributed by atoms with van der Waals surface area (Å²) >= 11 is 5.24. The van der Waals surface area contributed by atoms with Crippen LogP contribution in [0, 0.1) is 26.7 Å². The number of hydrogen-bond donors (Lipinski definition) is 2. The standard InChI is InChI=1S/C23H17F6I3N2O10S/c1-2-9(5-11-12(30)7-13(31)18(17(11)32)33-21(37)23(27,28)29)19(35)43-15-6-10(3-4-14(15)34(38)39)20(36)44-16(22(24,25)26)8-45(40,41)42/h3-4,6-7,9,16H,2,5,8H2,1H3,(H,33,37)(H,40,41,42). The monoisotopic (exact) mass is 1010 g/mol. The second kappa shape index (κ2) is 15.2. The normalized spacial score (nSPS) is 13.5. The van der Waals surface area contributed by atoms with E-state index < -0.39 is 80.0 Å². The Labute approximate surface area is 290 Å². The number of rotatable bonds is 11. The molecule has 0 radical (unpaired) electrons. The lowest BCUT2D eigenvalue weighted by Crippen LogP contribution is -2.39. The summed E-state index contributed by atoms with van der Waals surface area (Å²) in [6, 6.07) is 3.24. The largest absolute Gasteiger partial charge is 0.471 e. The third kappa shape index (κ3) is 11.0. The number of nitrogens with zero attached hydrogens (tertiary/aromatic N) is 1. The molecule has 0 saturated carbocycles. The topological polar surface area (TPSA) is 179 Å². The molecule has 0 saturated heterocycles. The summed E-state index contributed by atoms with van der Waals surface area (Å²) in [4.78, 5) is 47.6. The van der Waals surface area contributed by atoms with E-state index in [4.69, 9.17) is 9.29 Å². The van der Waals surface area contributed by atoms with Crippen molar-refractivity contribution < 1.29 is 68.1 Å². The molecule has 0 fully saturated rings. The predicted octanol–water partition coefficient (Wildman–Crippen LogP) is 6.06. The van der Waals surface area contributed by atoms with E-state index >= 15 is 0 Å². The molecule has 248 valence electrons. The van der Waals surface area contributed by atoms with Crippen molar-refractivity contribution >= 4 is 107 Å². The van der Waals surface area contributed by atoms with Crippen LogP contribution in [0.1, 0.15) is 29.3 Å². The molecular formula is C23H17F6I3N2O10S. The summed E-state index contributed by atoms with van der Waals surface area (Å²) in [5.74, 6) is -9.22. The van der Waals surface area contributed by atoms with Crippen LogP contribution in [0.4, 0.5) is 37.7 Å². The van der Waals surface area contributed by atoms with E-state index in [2.05, 4.69) is 4.74 Å². The highest BCUT2D eigenvalue weighted by Crippen LogP contribution is 2.36. The fraction of sp³-hybridized carbons (Fsp3) is 0.348. The average molecular weight is 1010 g/mol. The number of nitro benzene ring substituents is 1. The van der Waals surface area contributed by atoms with E-state index in [9.17, 15) is 59.3 Å². The van der Waals surface area contributed by atoms with Crippen molar-refractivity contribution in [3.63, 3.8) is 0 Å². The molecule has 2 rings (SSSR count). The van der Waals surface area contributed by atoms with Crippen LogP contribution in [0.15, 0.2) is 24.3 Å². The second-order valence-electron chi connectivity index (χ2n) is 8.81. The van der Waals surface area contributed by atoms with Gasteiger partial charge in [0.15, 0.2) is 0 Å². The van der Waals surface area contributed by atoms with Gasteiger partial charge in [0.2, 0.25) is 11.9 Å². The number of carbonyl (C=O) groups is 3. The zero-order valence-electron chi connectivity index (χ0n) is 22.0. The highest BCUT2D eigenvalue weighted by Gasteiger charge is 2.46. The smallest absolute Gasteiger partial charge is 0.448 e. The quantitative estimate of drug-likeness (QED) is 0.0512. The first-order valence-electron chi connectivity index (χ1n) is 11.7. The van der Waals surface area contributed by atoms with E-state index in [0.29, 0.717) is 27.3 Å². The fourth-order valence-corrected chi connectivity index (χ4v) is 8.13. The molecule has 2 aromatic carbocycles. The molecule has 2 atom stereocenters. The SMILES string of the molecule is CCC(Cc1c(I)cc(I)c(NC(=O)C(F)(F)F)c1I)C(=O)Oc1cc(C(=O)OC(CS(=O)(=O)O)C(F)(F)F)ccc1[N+](=O)[O-]. The van der Waals surface area contributed by atoms with Crippen LogP contribution in [-0.4, -0.2) is 59.9 Å². The number of carbonyl (C=O) groups excluding carboxylic acids is 3. The Morgan fingerprint density at radius 3 is 2.16 bits per heavy atom. The summed E-state index contributed by atoms with van der Waals surface area (Å²) in [5.41, 5.74) is -1.56. The number of nitro groups is 1. The summed E-state index contributed by atoms with van der Waals surface area (Å²) in [5, 5.41) is 13.3. The number of ether oxygens (including phenoxy) is 2. The van der Waals surface area contributed by atoms with Crippen LogP contribution in [0.2, 0.25) is 0 Å². The molecule has 0 heterocycles. The van der Waals surface area contributed by atoms with Gasteiger partial charge in [-0.3, -0.25) is 24.3 Å². The van der Waals surface area contributed by atoms with E-state index in [0.717, 1.165) is 0 Å². The first-order valence-corrected chi connectivity index (χ1v) is 16.6. The van der Waals surface area contributed by atoms with Crippen LogP contribution in [0.3, 0.4) is 0 Å².